The monoisotopic (exact) mass is 294 g/mol. The summed E-state index contributed by atoms with van der Waals surface area (Å²) >= 11 is 5.79. The minimum atomic E-state index is -0.880. The fourth-order valence-corrected chi connectivity index (χ4v) is 2.06. The van der Waals surface area contributed by atoms with Crippen LogP contribution in [0.5, 0.6) is 0 Å². The van der Waals surface area contributed by atoms with E-state index in [0.717, 1.165) is 0 Å². The zero-order valence-electron chi connectivity index (χ0n) is 11.7. The second kappa shape index (κ2) is 5.83. The highest BCUT2D eigenvalue weighted by Gasteiger charge is 2.56. The molecule has 0 spiro atoms. The number of hydrogen-bond acceptors (Lipinski definition) is 2. The lowest BCUT2D eigenvalue weighted by Crippen LogP contribution is -2.41. The van der Waals surface area contributed by atoms with E-state index >= 15 is 0 Å². The minimum absolute atomic E-state index is 0.169. The second-order valence-corrected chi connectivity index (χ2v) is 6.08. The molecule has 5 heteroatoms. The molecule has 2 rings (SSSR count). The van der Waals surface area contributed by atoms with Gasteiger partial charge in [-0.2, -0.15) is 0 Å². The van der Waals surface area contributed by atoms with Crippen LogP contribution in [0, 0.1) is 11.3 Å². The van der Waals surface area contributed by atoms with Crippen LogP contribution in [0.4, 0.5) is 5.69 Å². The number of rotatable bonds is 5. The van der Waals surface area contributed by atoms with Gasteiger partial charge in [-0.05, 0) is 43.0 Å². The van der Waals surface area contributed by atoms with Crippen LogP contribution in [-0.2, 0) is 9.59 Å². The van der Waals surface area contributed by atoms with Crippen LogP contribution in [0.3, 0.4) is 0 Å². The fraction of sp³-hybridized carbons (Fsp3) is 0.467. The van der Waals surface area contributed by atoms with E-state index in [-0.39, 0.29) is 11.8 Å². The van der Waals surface area contributed by atoms with Crippen molar-refractivity contribution in [2.24, 2.45) is 11.3 Å². The molecule has 108 valence electrons. The summed E-state index contributed by atoms with van der Waals surface area (Å²) in [6.07, 6.45) is 1.21. The van der Waals surface area contributed by atoms with Gasteiger partial charge < -0.3 is 10.6 Å². The molecule has 20 heavy (non-hydrogen) atoms. The third-order valence-electron chi connectivity index (χ3n) is 3.39. The average molecular weight is 295 g/mol. The van der Waals surface area contributed by atoms with Gasteiger partial charge in [0.1, 0.15) is 5.41 Å². The Balaban J connectivity index is 1.97. The summed E-state index contributed by atoms with van der Waals surface area (Å²) in [4.78, 5) is 24.4. The van der Waals surface area contributed by atoms with Crippen molar-refractivity contribution in [1.82, 2.24) is 5.32 Å². The fourth-order valence-electron chi connectivity index (χ4n) is 1.93. The second-order valence-electron chi connectivity index (χ2n) is 5.65. The number of benzene rings is 1. The Morgan fingerprint density at radius 2 is 1.80 bits per heavy atom. The van der Waals surface area contributed by atoms with Crippen LogP contribution >= 0.6 is 11.6 Å². The minimum Gasteiger partial charge on any atom is -0.355 e. The van der Waals surface area contributed by atoms with Crippen molar-refractivity contribution in [3.05, 3.63) is 29.3 Å². The molecular weight excluding hydrogens is 276 g/mol. The molecule has 0 aromatic heterocycles. The summed E-state index contributed by atoms with van der Waals surface area (Å²) < 4.78 is 0. The molecule has 0 saturated heterocycles. The van der Waals surface area contributed by atoms with Crippen LogP contribution in [0.2, 0.25) is 5.02 Å². The number of anilines is 1. The van der Waals surface area contributed by atoms with E-state index in [1.54, 1.807) is 24.3 Å². The Kier molecular flexibility index (Phi) is 4.33. The molecule has 0 aliphatic heterocycles. The standard InChI is InChI=1S/C15H19ClN2O2/c1-10(2)9-17-13(19)15(7-8-15)14(20)18-12-5-3-11(16)4-6-12/h3-6,10H,7-9H2,1-2H3,(H,17,19)(H,18,20). The van der Waals surface area contributed by atoms with Gasteiger partial charge in [-0.25, -0.2) is 0 Å². The molecule has 1 aromatic rings. The molecule has 1 fully saturated rings. The molecule has 1 aromatic carbocycles. The number of carbonyl (C=O) groups is 2. The number of halogens is 1. The van der Waals surface area contributed by atoms with Crippen LogP contribution in [0.1, 0.15) is 26.7 Å². The Labute approximate surface area is 123 Å². The maximum atomic E-state index is 12.3. The van der Waals surface area contributed by atoms with Crippen molar-refractivity contribution < 1.29 is 9.59 Å². The van der Waals surface area contributed by atoms with E-state index < -0.39 is 5.41 Å². The predicted octanol–water partition coefficient (Wildman–Crippen LogP) is 2.83. The maximum absolute atomic E-state index is 12.3. The topological polar surface area (TPSA) is 58.2 Å². The normalized spacial score (nSPS) is 15.8. The van der Waals surface area contributed by atoms with Crippen LogP contribution in [-0.4, -0.2) is 18.4 Å². The molecule has 0 radical (unpaired) electrons. The average Bonchev–Trinajstić information content (AvgIpc) is 3.20. The summed E-state index contributed by atoms with van der Waals surface area (Å²) in [6, 6.07) is 6.86. The Morgan fingerprint density at radius 3 is 2.30 bits per heavy atom. The van der Waals surface area contributed by atoms with Gasteiger partial charge >= 0.3 is 0 Å². The van der Waals surface area contributed by atoms with Gasteiger partial charge in [0.15, 0.2) is 0 Å². The van der Waals surface area contributed by atoms with E-state index in [1.165, 1.54) is 0 Å². The zero-order chi connectivity index (χ0) is 14.8. The number of carbonyl (C=O) groups excluding carboxylic acids is 2. The molecule has 4 nitrogen and oxygen atoms in total. The lowest BCUT2D eigenvalue weighted by Gasteiger charge is -2.16. The SMILES string of the molecule is CC(C)CNC(=O)C1(C(=O)Nc2ccc(Cl)cc2)CC1. The summed E-state index contributed by atoms with van der Waals surface area (Å²) in [5, 5.41) is 6.23. The van der Waals surface area contributed by atoms with Crippen molar-refractivity contribution in [3.8, 4) is 0 Å². The van der Waals surface area contributed by atoms with Crippen molar-refractivity contribution >= 4 is 29.1 Å². The Bertz CT molecular complexity index is 507. The number of nitrogens with one attached hydrogen (secondary N) is 2. The van der Waals surface area contributed by atoms with Gasteiger partial charge in [0.2, 0.25) is 11.8 Å². The summed E-state index contributed by atoms with van der Waals surface area (Å²) in [6.45, 7) is 4.63. The van der Waals surface area contributed by atoms with Gasteiger partial charge in [-0.3, -0.25) is 9.59 Å². The lowest BCUT2D eigenvalue weighted by molar-refractivity contribution is -0.134. The number of hydrogen-bond donors (Lipinski definition) is 2. The van der Waals surface area contributed by atoms with Crippen LogP contribution < -0.4 is 10.6 Å². The van der Waals surface area contributed by atoms with Gasteiger partial charge in [0, 0.05) is 17.3 Å². The third-order valence-corrected chi connectivity index (χ3v) is 3.64. The molecule has 1 aliphatic carbocycles. The summed E-state index contributed by atoms with van der Waals surface area (Å²) in [5.41, 5.74) is -0.225. The first kappa shape index (κ1) is 14.9. The zero-order valence-corrected chi connectivity index (χ0v) is 12.5. The molecular formula is C15H19ClN2O2. The molecule has 1 aliphatic rings. The van der Waals surface area contributed by atoms with Gasteiger partial charge in [-0.1, -0.05) is 25.4 Å². The maximum Gasteiger partial charge on any atom is 0.240 e. The van der Waals surface area contributed by atoms with Crippen molar-refractivity contribution in [1.29, 1.82) is 0 Å². The van der Waals surface area contributed by atoms with E-state index in [2.05, 4.69) is 10.6 Å². The first-order valence-corrected chi connectivity index (χ1v) is 7.17. The van der Waals surface area contributed by atoms with E-state index in [0.29, 0.717) is 36.0 Å². The largest absolute Gasteiger partial charge is 0.355 e. The van der Waals surface area contributed by atoms with E-state index in [1.807, 2.05) is 13.8 Å². The van der Waals surface area contributed by atoms with Crippen LogP contribution in [0.25, 0.3) is 0 Å². The molecule has 1 saturated carbocycles. The molecule has 0 heterocycles. The highest BCUT2D eigenvalue weighted by Crippen LogP contribution is 2.46. The molecule has 0 atom stereocenters. The summed E-state index contributed by atoms with van der Waals surface area (Å²) in [7, 11) is 0. The van der Waals surface area contributed by atoms with Crippen molar-refractivity contribution in [3.63, 3.8) is 0 Å². The smallest absolute Gasteiger partial charge is 0.240 e. The first-order chi connectivity index (χ1) is 9.44. The van der Waals surface area contributed by atoms with E-state index in [4.69, 9.17) is 11.6 Å². The molecule has 2 amide bonds. The molecule has 2 N–H and O–H groups in total. The third kappa shape index (κ3) is 3.31. The van der Waals surface area contributed by atoms with E-state index in [9.17, 15) is 9.59 Å². The first-order valence-electron chi connectivity index (χ1n) is 6.79. The highest BCUT2D eigenvalue weighted by molar-refractivity contribution is 6.30. The number of amides is 2. The van der Waals surface area contributed by atoms with Crippen molar-refractivity contribution in [2.75, 3.05) is 11.9 Å². The van der Waals surface area contributed by atoms with Crippen molar-refractivity contribution in [2.45, 2.75) is 26.7 Å². The summed E-state index contributed by atoms with van der Waals surface area (Å²) in [5.74, 6) is -0.0344. The predicted molar refractivity (Wildman–Crippen MR) is 79.6 cm³/mol. The molecule has 0 bridgehead atoms. The van der Waals surface area contributed by atoms with Gasteiger partial charge in [0.25, 0.3) is 0 Å². The molecule has 0 unspecified atom stereocenters. The van der Waals surface area contributed by atoms with Crippen LogP contribution in [0.15, 0.2) is 24.3 Å². The Morgan fingerprint density at radius 1 is 1.20 bits per heavy atom. The van der Waals surface area contributed by atoms with Gasteiger partial charge in [0.05, 0.1) is 0 Å². The highest BCUT2D eigenvalue weighted by atomic mass is 35.5. The quantitative estimate of drug-likeness (QED) is 0.821. The Hall–Kier alpha value is -1.55. The van der Waals surface area contributed by atoms with Gasteiger partial charge in [-0.15, -0.1) is 0 Å². The lowest BCUT2D eigenvalue weighted by atomic mass is 10.0.